The van der Waals surface area contributed by atoms with Gasteiger partial charge in [-0.25, -0.2) is 0 Å². The highest BCUT2D eigenvalue weighted by Gasteiger charge is 2.37. The van der Waals surface area contributed by atoms with Gasteiger partial charge in [-0.15, -0.1) is 0 Å². The first-order valence-corrected chi connectivity index (χ1v) is 18.7. The third-order valence-electron chi connectivity index (χ3n) is 12.0. The van der Waals surface area contributed by atoms with E-state index < -0.39 is 0 Å². The predicted octanol–water partition coefficient (Wildman–Crippen LogP) is 14.8. The molecule has 10 aromatic carbocycles. The molecule has 0 saturated carbocycles. The molecule has 0 unspecified atom stereocenters. The molecule has 0 nitrogen and oxygen atoms in total. The Kier molecular flexibility index (Phi) is 6.40. The number of hydrogen-bond donors (Lipinski definition) is 0. The van der Waals surface area contributed by atoms with Crippen molar-refractivity contribution in [3.05, 3.63) is 193 Å². The van der Waals surface area contributed by atoms with Crippen molar-refractivity contribution in [1.82, 2.24) is 0 Å². The molecular formula is C53H36. The van der Waals surface area contributed by atoms with Crippen LogP contribution < -0.4 is 0 Å². The van der Waals surface area contributed by atoms with E-state index in [0.29, 0.717) is 0 Å². The Morgan fingerprint density at radius 2 is 0.849 bits per heavy atom. The van der Waals surface area contributed by atoms with Crippen molar-refractivity contribution >= 4 is 53.9 Å². The molecule has 0 fully saturated rings. The number of benzene rings is 10. The molecule has 0 aromatic heterocycles. The molecule has 0 radical (unpaired) electrons. The van der Waals surface area contributed by atoms with Crippen molar-refractivity contribution in [2.75, 3.05) is 0 Å². The van der Waals surface area contributed by atoms with Crippen molar-refractivity contribution in [1.29, 1.82) is 0 Å². The van der Waals surface area contributed by atoms with Crippen LogP contribution in [0.15, 0.2) is 182 Å². The van der Waals surface area contributed by atoms with Gasteiger partial charge in [-0.2, -0.15) is 0 Å². The van der Waals surface area contributed by atoms with E-state index in [4.69, 9.17) is 0 Å². The summed E-state index contributed by atoms with van der Waals surface area (Å²) >= 11 is 0. The van der Waals surface area contributed by atoms with Crippen LogP contribution in [0.2, 0.25) is 0 Å². The highest BCUT2D eigenvalue weighted by atomic mass is 14.4. The molecule has 11 rings (SSSR count). The Labute approximate surface area is 309 Å². The smallest absolute Gasteiger partial charge is 0.0165 e. The first kappa shape index (κ1) is 30.2. The average molecular weight is 673 g/mol. The molecule has 1 aliphatic carbocycles. The topological polar surface area (TPSA) is 0 Å². The fraction of sp³-hybridized carbons (Fsp3) is 0.0566. The molecule has 0 amide bonds. The Balaban J connectivity index is 1.13. The zero-order valence-corrected chi connectivity index (χ0v) is 29.8. The summed E-state index contributed by atoms with van der Waals surface area (Å²) in [5.41, 5.74) is 13.0. The Morgan fingerprint density at radius 1 is 0.302 bits per heavy atom. The molecule has 0 saturated heterocycles. The van der Waals surface area contributed by atoms with Crippen molar-refractivity contribution in [3.8, 4) is 44.5 Å². The van der Waals surface area contributed by atoms with E-state index in [0.717, 1.165) is 0 Å². The third kappa shape index (κ3) is 4.36. The molecule has 0 bridgehead atoms. The van der Waals surface area contributed by atoms with Crippen molar-refractivity contribution < 1.29 is 0 Å². The van der Waals surface area contributed by atoms with Crippen LogP contribution in [-0.4, -0.2) is 0 Å². The lowest BCUT2D eigenvalue weighted by atomic mass is 9.80. The summed E-state index contributed by atoms with van der Waals surface area (Å²) in [5.74, 6) is 0. The summed E-state index contributed by atoms with van der Waals surface area (Å²) in [5, 5.41) is 12.9. The minimum absolute atomic E-state index is 0.0676. The Hall–Kier alpha value is -6.50. The van der Waals surface area contributed by atoms with Crippen LogP contribution in [0.4, 0.5) is 0 Å². The average Bonchev–Trinajstić information content (AvgIpc) is 3.45. The maximum absolute atomic E-state index is 2.43. The number of fused-ring (bicyclic) bond motifs is 10. The third-order valence-corrected chi connectivity index (χ3v) is 12.0. The van der Waals surface area contributed by atoms with Gasteiger partial charge in [0.2, 0.25) is 0 Å². The minimum atomic E-state index is -0.0676. The largest absolute Gasteiger partial charge is 0.0616 e. The van der Waals surface area contributed by atoms with Crippen molar-refractivity contribution in [2.24, 2.45) is 0 Å². The first-order chi connectivity index (χ1) is 26.1. The van der Waals surface area contributed by atoms with Gasteiger partial charge in [0.25, 0.3) is 0 Å². The maximum Gasteiger partial charge on any atom is 0.0165 e. The van der Waals surface area contributed by atoms with Gasteiger partial charge >= 0.3 is 0 Å². The second-order valence-electron chi connectivity index (χ2n) is 15.2. The van der Waals surface area contributed by atoms with E-state index in [1.807, 2.05) is 0 Å². The molecule has 0 aliphatic heterocycles. The van der Waals surface area contributed by atoms with Crippen LogP contribution >= 0.6 is 0 Å². The quantitative estimate of drug-likeness (QED) is 0.129. The summed E-state index contributed by atoms with van der Waals surface area (Å²) in [6.45, 7) is 4.76. The highest BCUT2D eigenvalue weighted by molar-refractivity contribution is 6.25. The summed E-state index contributed by atoms with van der Waals surface area (Å²) in [6, 6.07) is 67.9. The molecule has 1 aliphatic rings. The summed E-state index contributed by atoms with van der Waals surface area (Å²) < 4.78 is 0. The number of hydrogen-bond acceptors (Lipinski definition) is 0. The first-order valence-electron chi connectivity index (χ1n) is 18.7. The van der Waals surface area contributed by atoms with Gasteiger partial charge in [0.15, 0.2) is 0 Å². The fourth-order valence-corrected chi connectivity index (χ4v) is 9.64. The van der Waals surface area contributed by atoms with Crippen molar-refractivity contribution in [2.45, 2.75) is 19.3 Å². The van der Waals surface area contributed by atoms with Gasteiger partial charge in [-0.05, 0) is 128 Å². The zero-order valence-electron chi connectivity index (χ0n) is 29.8. The van der Waals surface area contributed by atoms with Crippen molar-refractivity contribution in [3.63, 3.8) is 0 Å². The molecule has 0 spiro atoms. The monoisotopic (exact) mass is 672 g/mol. The second kappa shape index (κ2) is 11.2. The molecule has 248 valence electrons. The van der Waals surface area contributed by atoms with Crippen LogP contribution in [0.25, 0.3) is 98.4 Å². The molecule has 0 atom stereocenters. The Bertz CT molecular complexity index is 3080. The van der Waals surface area contributed by atoms with E-state index in [-0.39, 0.29) is 5.41 Å². The van der Waals surface area contributed by atoms with E-state index in [1.165, 1.54) is 109 Å². The Morgan fingerprint density at radius 3 is 1.57 bits per heavy atom. The molecule has 0 heteroatoms. The van der Waals surface area contributed by atoms with Gasteiger partial charge in [0.05, 0.1) is 0 Å². The van der Waals surface area contributed by atoms with E-state index in [2.05, 4.69) is 196 Å². The molecular weight excluding hydrogens is 637 g/mol. The van der Waals surface area contributed by atoms with E-state index in [1.54, 1.807) is 0 Å². The predicted molar refractivity (Wildman–Crippen MR) is 228 cm³/mol. The van der Waals surface area contributed by atoms with E-state index in [9.17, 15) is 0 Å². The molecule has 53 heavy (non-hydrogen) atoms. The van der Waals surface area contributed by atoms with Crippen LogP contribution in [0.3, 0.4) is 0 Å². The van der Waals surface area contributed by atoms with Gasteiger partial charge in [0, 0.05) is 5.41 Å². The molecule has 10 aromatic rings. The highest BCUT2D eigenvalue weighted by Crippen LogP contribution is 2.52. The normalized spacial score (nSPS) is 13.2. The SMILES string of the molecule is CC1(C)c2ccc(-c3cccc(-c4c5ccccc5c(-c5cc6ccccc6c6ccccc56)c5ccccc45)c3)cc2-c2ccc3ccccc3c21. The lowest BCUT2D eigenvalue weighted by molar-refractivity contribution is 0.666. The molecule has 0 heterocycles. The minimum Gasteiger partial charge on any atom is -0.0616 e. The summed E-state index contributed by atoms with van der Waals surface area (Å²) in [4.78, 5) is 0. The van der Waals surface area contributed by atoms with Gasteiger partial charge in [-0.1, -0.05) is 178 Å². The fourth-order valence-electron chi connectivity index (χ4n) is 9.64. The lowest BCUT2D eigenvalue weighted by Gasteiger charge is -2.23. The summed E-state index contributed by atoms with van der Waals surface area (Å²) in [7, 11) is 0. The van der Waals surface area contributed by atoms with Crippen LogP contribution in [0.5, 0.6) is 0 Å². The summed E-state index contributed by atoms with van der Waals surface area (Å²) in [6.07, 6.45) is 0. The van der Waals surface area contributed by atoms with Gasteiger partial charge in [-0.3, -0.25) is 0 Å². The zero-order chi connectivity index (χ0) is 35.3. The van der Waals surface area contributed by atoms with Crippen LogP contribution in [-0.2, 0) is 5.41 Å². The molecule has 0 N–H and O–H groups in total. The number of rotatable bonds is 3. The van der Waals surface area contributed by atoms with Crippen LogP contribution in [0, 0.1) is 0 Å². The lowest BCUT2D eigenvalue weighted by Crippen LogP contribution is -2.15. The maximum atomic E-state index is 2.43. The van der Waals surface area contributed by atoms with Gasteiger partial charge in [0.1, 0.15) is 0 Å². The standard InChI is InChI=1S/C53H36/c1-53(2)49-29-27-35(31-47(49)46-28-26-33-14-3-6-19-39(33)52(46)53)34-16-13-17-37(30-34)50-42-22-9-11-24-44(42)51(45-25-12-10-23-43(45)50)48-32-36-15-4-5-18-38(36)40-20-7-8-21-41(40)48/h3-32H,1-2H3. The van der Waals surface area contributed by atoms with E-state index >= 15 is 0 Å². The van der Waals surface area contributed by atoms with Crippen LogP contribution in [0.1, 0.15) is 25.0 Å². The second-order valence-corrected chi connectivity index (χ2v) is 15.2. The van der Waals surface area contributed by atoms with Gasteiger partial charge < -0.3 is 0 Å².